The zero-order valence-corrected chi connectivity index (χ0v) is 38.8. The van der Waals surface area contributed by atoms with Crippen molar-refractivity contribution < 1.29 is 14.6 Å². The van der Waals surface area contributed by atoms with Gasteiger partial charge in [-0.3, -0.25) is 0 Å². The first-order chi connectivity index (χ1) is 35.1. The van der Waals surface area contributed by atoms with E-state index in [2.05, 4.69) is 19.9 Å². The van der Waals surface area contributed by atoms with Crippen molar-refractivity contribution in [2.24, 2.45) is 0 Å². The Labute approximate surface area is 462 Å². The molecule has 0 atom stereocenters. The molecule has 0 aliphatic rings. The number of nitrogens with zero attached hydrogens (tertiary/aromatic N) is 6. The number of hydrogen-bond donors (Lipinski definition) is 2. The molecule has 0 saturated heterocycles. The number of furan rings is 1. The van der Waals surface area contributed by atoms with Crippen LogP contribution >= 0.6 is 0 Å². The molecule has 33 heteroatoms. The van der Waals surface area contributed by atoms with Crippen molar-refractivity contribution in [3.05, 3.63) is 0 Å². The SMILES string of the molecule is [B]c1c([B])c([B])c(-c2nc(-c3c([B])c([B])c([B])c(-c4nc(-c5c([B])c([B])c([B])c([B])c5[B])nc(-c5c([B])c([B])c6c(oc7c([B])c([B])c([B])c([B])c76)c5[B])n4)c3[B])nc(-c3c(O)c([B])c([B])c([B])c3O)n2)c([B])c1[B]. The van der Waals surface area contributed by atoms with Crippen LogP contribution in [0.15, 0.2) is 4.42 Å². The summed E-state index contributed by atoms with van der Waals surface area (Å²) < 4.78 is 6.19. The van der Waals surface area contributed by atoms with E-state index in [1.54, 1.807) is 0 Å². The first kappa shape index (κ1) is 54.1. The summed E-state index contributed by atoms with van der Waals surface area (Å²) in [6.45, 7) is 0. The highest BCUT2D eigenvalue weighted by atomic mass is 16.3. The topological polar surface area (TPSA) is 131 Å². The Morgan fingerprint density at radius 2 is 0.400 bits per heavy atom. The molecule has 0 saturated carbocycles. The van der Waals surface area contributed by atoms with Crippen LogP contribution < -0.4 is 131 Å². The lowest BCUT2D eigenvalue weighted by Crippen LogP contribution is -2.55. The van der Waals surface area contributed by atoms with Crippen molar-refractivity contribution in [3.63, 3.8) is 0 Å². The second-order valence-electron chi connectivity index (χ2n) is 17.0. The van der Waals surface area contributed by atoms with Crippen molar-refractivity contribution in [1.29, 1.82) is 0 Å². The largest absolute Gasteiger partial charge is 0.508 e. The van der Waals surface area contributed by atoms with Crippen molar-refractivity contribution in [3.8, 4) is 79.8 Å². The molecule has 9 aromatic rings. The summed E-state index contributed by atoms with van der Waals surface area (Å²) in [6, 6.07) is 0. The van der Waals surface area contributed by atoms with Crippen LogP contribution in [0.2, 0.25) is 0 Å². The molecule has 0 bridgehead atoms. The molecule has 290 valence electrons. The Morgan fingerprint density at radius 1 is 0.200 bits per heavy atom. The van der Waals surface area contributed by atoms with Gasteiger partial charge in [-0.05, 0) is 5.46 Å². The number of phenols is 2. The van der Waals surface area contributed by atoms with E-state index in [9.17, 15) is 10.2 Å². The Hall–Kier alpha value is -5.70. The van der Waals surface area contributed by atoms with Crippen LogP contribution in [0, 0.1) is 0 Å². The van der Waals surface area contributed by atoms with Crippen LogP contribution in [0.1, 0.15) is 0 Å². The molecule has 0 aliphatic carbocycles. The van der Waals surface area contributed by atoms with Crippen molar-refractivity contribution >= 4 is 341 Å². The van der Waals surface area contributed by atoms with Crippen LogP contribution in [-0.4, -0.2) is 228 Å². The maximum Gasteiger partial charge on any atom is 0.171 e. The van der Waals surface area contributed by atoms with Crippen LogP contribution in [0.5, 0.6) is 11.5 Å². The average Bonchev–Trinajstić information content (AvgIpc) is 3.79. The van der Waals surface area contributed by atoms with E-state index in [4.69, 9.17) is 203 Å². The van der Waals surface area contributed by atoms with Gasteiger partial charge >= 0.3 is 0 Å². The molecule has 75 heavy (non-hydrogen) atoms. The first-order valence-electron chi connectivity index (χ1n) is 21.2. The van der Waals surface area contributed by atoms with Gasteiger partial charge in [-0.15, -0.1) is 54.6 Å². The molecule has 3 aromatic heterocycles. The normalized spacial score (nSPS) is 11.5. The molecule has 0 fully saturated rings. The molecule has 48 radical (unpaired) electrons. The quantitative estimate of drug-likeness (QED) is 0.157. The molecule has 2 N–H and O–H groups in total. The molecule has 9 nitrogen and oxygen atoms in total. The van der Waals surface area contributed by atoms with E-state index < -0.39 is 56.7 Å². The fourth-order valence-electron chi connectivity index (χ4n) is 8.55. The fourth-order valence-corrected chi connectivity index (χ4v) is 8.55. The summed E-state index contributed by atoms with van der Waals surface area (Å²) in [5.74, 6) is -4.32. The smallest absolute Gasteiger partial charge is 0.171 e. The number of benzene rings is 6. The fraction of sp³-hybridized carbons (Fsp3) is 0. The van der Waals surface area contributed by atoms with Gasteiger partial charge in [0.05, 0.1) is 0 Å². The van der Waals surface area contributed by atoms with Gasteiger partial charge in [-0.2, -0.15) is 0 Å². The minimum atomic E-state index is -0.828. The lowest BCUT2D eigenvalue weighted by molar-refractivity contribution is 0.459. The van der Waals surface area contributed by atoms with E-state index in [0.717, 1.165) is 0 Å². The Balaban J connectivity index is 1.41. The predicted octanol–water partition coefficient (Wildman–Crippen LogP) is -19.6. The number of hydrogen-bond acceptors (Lipinski definition) is 9. The van der Waals surface area contributed by atoms with Crippen LogP contribution in [-0.2, 0) is 0 Å². The lowest BCUT2D eigenvalue weighted by atomic mass is 9.60. The minimum absolute atomic E-state index is 0.0212. The third kappa shape index (κ3) is 7.95. The summed E-state index contributed by atoms with van der Waals surface area (Å²) in [4.78, 5) is 27.7. The summed E-state index contributed by atoms with van der Waals surface area (Å²) in [5, 5.41) is 23.0. The highest BCUT2D eigenvalue weighted by molar-refractivity contribution is 6.72. The van der Waals surface area contributed by atoms with Crippen LogP contribution in [0.25, 0.3) is 90.3 Å². The highest BCUT2D eigenvalue weighted by Crippen LogP contribution is 2.34. The molecule has 3 heterocycles. The molecule has 0 unspecified atom stereocenters. The summed E-state index contributed by atoms with van der Waals surface area (Å²) in [6.07, 6.45) is 0. The second-order valence-corrected chi connectivity index (χ2v) is 17.0. The number of rotatable bonds is 6. The highest BCUT2D eigenvalue weighted by Gasteiger charge is 2.29. The van der Waals surface area contributed by atoms with Gasteiger partial charge in [0.15, 0.2) is 34.9 Å². The van der Waals surface area contributed by atoms with E-state index >= 15 is 0 Å². The number of phenolic OH excluding ortho intramolecular Hbond substituents is 2. The Bertz CT molecular complexity index is 3940. The van der Waals surface area contributed by atoms with Gasteiger partial charge in [0.1, 0.15) is 217 Å². The third-order valence-corrected chi connectivity index (χ3v) is 12.9. The monoisotopic (exact) mass is 902 g/mol. The van der Waals surface area contributed by atoms with Gasteiger partial charge in [0.25, 0.3) is 0 Å². The zero-order chi connectivity index (χ0) is 55.2. The average molecular weight is 898 g/mol. The molecule has 0 spiro atoms. The summed E-state index contributed by atoms with van der Waals surface area (Å²) >= 11 is 0. The standard InChI is InChI=1S/C42H2B24N6O3/c43-9-3(13(47)20(54)14(48)4(9)38-68-40(6-17(51)24(58)27(61)25(59)18(6)52)72-42(71-38)8-33(73)30(64)29(63)31(65)34(8)74)37-67-39(5-15(49)22(56)26(60)23(57)16(5)50)70-41(69-37)7-12(46)10(44)1-2-11(45)21(55)28(62)32(66)36(2)75-35(1)19(7)53/h73-74H. The van der Waals surface area contributed by atoms with Crippen molar-refractivity contribution in [2.75, 3.05) is 0 Å². The van der Waals surface area contributed by atoms with Crippen LogP contribution in [0.4, 0.5) is 0 Å². The first-order valence-corrected chi connectivity index (χ1v) is 21.2. The number of aromatic hydroxyl groups is 2. The molecule has 0 amide bonds. The van der Waals surface area contributed by atoms with E-state index in [1.165, 1.54) is 0 Å². The van der Waals surface area contributed by atoms with Crippen LogP contribution in [0.3, 0.4) is 0 Å². The Morgan fingerprint density at radius 3 is 0.747 bits per heavy atom. The number of fused-ring (bicyclic) bond motifs is 3. The van der Waals surface area contributed by atoms with E-state index in [1.807, 2.05) is 0 Å². The van der Waals surface area contributed by atoms with Gasteiger partial charge in [-0.1, -0.05) is 71.0 Å². The molecular weight excluding hydrogens is 896 g/mol. The van der Waals surface area contributed by atoms with Gasteiger partial charge < -0.3 is 14.6 Å². The molecule has 9 rings (SSSR count). The maximum absolute atomic E-state index is 11.4. The summed E-state index contributed by atoms with van der Waals surface area (Å²) in [7, 11) is 155. The molecule has 0 aliphatic heterocycles. The zero-order valence-electron chi connectivity index (χ0n) is 38.8. The van der Waals surface area contributed by atoms with Gasteiger partial charge in [-0.25, -0.2) is 29.9 Å². The molecule has 6 aromatic carbocycles. The lowest BCUT2D eigenvalue weighted by Gasteiger charge is -2.24. The van der Waals surface area contributed by atoms with Crippen molar-refractivity contribution in [2.45, 2.75) is 0 Å². The van der Waals surface area contributed by atoms with Gasteiger partial charge in [0, 0.05) is 38.6 Å². The second kappa shape index (κ2) is 19.1. The number of aromatic nitrogens is 6. The predicted molar refractivity (Wildman–Crippen MR) is 326 cm³/mol. The minimum Gasteiger partial charge on any atom is -0.508 e. The van der Waals surface area contributed by atoms with Crippen molar-refractivity contribution in [1.82, 2.24) is 29.9 Å². The van der Waals surface area contributed by atoms with E-state index in [0.29, 0.717) is 0 Å². The Kier molecular flexibility index (Phi) is 13.8. The molecular formula is C42H2B24N6O3. The van der Waals surface area contributed by atoms with E-state index in [-0.39, 0.29) is 176 Å². The maximum atomic E-state index is 11.4. The third-order valence-electron chi connectivity index (χ3n) is 12.9. The summed E-state index contributed by atoms with van der Waals surface area (Å²) in [5.41, 5.74) is -7.73. The van der Waals surface area contributed by atoms with Gasteiger partial charge in [0.2, 0.25) is 0 Å².